The van der Waals surface area contributed by atoms with Gasteiger partial charge in [-0.3, -0.25) is 5.32 Å². The smallest absolute Gasteiger partial charge is 0.413 e. The number of hydrogen-bond acceptors (Lipinski definition) is 4. The van der Waals surface area contributed by atoms with Gasteiger partial charge in [0, 0.05) is 11.1 Å². The maximum atomic E-state index is 11.1. The molecule has 1 heterocycles. The first-order chi connectivity index (χ1) is 7.26. The van der Waals surface area contributed by atoms with E-state index in [1.54, 1.807) is 6.92 Å². The number of carbonyl (C=O) groups is 1. The fourth-order valence-electron chi connectivity index (χ4n) is 1.09. The zero-order valence-corrected chi connectivity index (χ0v) is 9.89. The maximum absolute atomic E-state index is 11.1. The van der Waals surface area contributed by atoms with E-state index in [4.69, 9.17) is 4.74 Å². The standard InChI is InChI=1S/C10H16N2O2S/c1-3-5-6-8-7-11-9(15-8)12-10(13)14-4-2/h7H,3-6H2,1-2H3,(H,11,12,13). The van der Waals surface area contributed by atoms with E-state index in [-0.39, 0.29) is 0 Å². The van der Waals surface area contributed by atoms with Crippen molar-refractivity contribution in [1.29, 1.82) is 0 Å². The van der Waals surface area contributed by atoms with Gasteiger partial charge in [0.15, 0.2) is 5.13 Å². The molecule has 1 rings (SSSR count). The van der Waals surface area contributed by atoms with E-state index in [1.165, 1.54) is 22.6 Å². The zero-order chi connectivity index (χ0) is 11.1. The van der Waals surface area contributed by atoms with E-state index < -0.39 is 6.09 Å². The van der Waals surface area contributed by atoms with E-state index >= 15 is 0 Å². The lowest BCUT2D eigenvalue weighted by Gasteiger charge is -2.00. The van der Waals surface area contributed by atoms with Crippen LogP contribution in [0.2, 0.25) is 0 Å². The van der Waals surface area contributed by atoms with Crippen molar-refractivity contribution in [1.82, 2.24) is 4.98 Å². The Morgan fingerprint density at radius 1 is 1.60 bits per heavy atom. The normalized spacial score (nSPS) is 10.0. The number of carbonyl (C=O) groups excluding carboxylic acids is 1. The van der Waals surface area contributed by atoms with Crippen LogP contribution in [0.5, 0.6) is 0 Å². The first-order valence-corrected chi connectivity index (χ1v) is 5.96. The Bertz CT molecular complexity index is 312. The zero-order valence-electron chi connectivity index (χ0n) is 9.08. The summed E-state index contributed by atoms with van der Waals surface area (Å²) in [7, 11) is 0. The Morgan fingerprint density at radius 2 is 2.40 bits per heavy atom. The summed E-state index contributed by atoms with van der Waals surface area (Å²) in [6.45, 7) is 4.30. The highest BCUT2D eigenvalue weighted by atomic mass is 32.1. The fourth-order valence-corrected chi connectivity index (χ4v) is 1.93. The topological polar surface area (TPSA) is 51.2 Å². The van der Waals surface area contributed by atoms with Crippen molar-refractivity contribution in [2.75, 3.05) is 11.9 Å². The monoisotopic (exact) mass is 228 g/mol. The van der Waals surface area contributed by atoms with Crippen LogP contribution in [0, 0.1) is 0 Å². The number of ether oxygens (including phenoxy) is 1. The molecule has 1 aromatic rings. The van der Waals surface area contributed by atoms with Crippen LogP contribution in [0.3, 0.4) is 0 Å². The van der Waals surface area contributed by atoms with Crippen molar-refractivity contribution in [2.45, 2.75) is 33.1 Å². The largest absolute Gasteiger partial charge is 0.450 e. The first kappa shape index (κ1) is 12.0. The molecule has 0 unspecified atom stereocenters. The van der Waals surface area contributed by atoms with Crippen LogP contribution in [-0.4, -0.2) is 17.7 Å². The summed E-state index contributed by atoms with van der Waals surface area (Å²) in [5.74, 6) is 0. The van der Waals surface area contributed by atoms with E-state index in [9.17, 15) is 4.79 Å². The van der Waals surface area contributed by atoms with Crippen LogP contribution >= 0.6 is 11.3 Å². The molecule has 15 heavy (non-hydrogen) atoms. The third kappa shape index (κ3) is 4.29. The average Bonchev–Trinajstić information content (AvgIpc) is 2.63. The molecule has 0 bridgehead atoms. The van der Waals surface area contributed by atoms with Gasteiger partial charge in [-0.15, -0.1) is 11.3 Å². The summed E-state index contributed by atoms with van der Waals surface area (Å²) < 4.78 is 4.75. The van der Waals surface area contributed by atoms with Crippen molar-refractivity contribution in [3.8, 4) is 0 Å². The van der Waals surface area contributed by atoms with Crippen molar-refractivity contribution in [3.63, 3.8) is 0 Å². The Kier molecular flexibility index (Phi) is 5.10. The van der Waals surface area contributed by atoms with E-state index in [0.29, 0.717) is 11.7 Å². The highest BCUT2D eigenvalue weighted by Crippen LogP contribution is 2.19. The minimum Gasteiger partial charge on any atom is -0.450 e. The molecule has 84 valence electrons. The van der Waals surface area contributed by atoms with E-state index in [0.717, 1.165) is 12.8 Å². The molecule has 1 amide bonds. The number of rotatable bonds is 5. The van der Waals surface area contributed by atoms with Gasteiger partial charge in [-0.05, 0) is 19.8 Å². The molecule has 0 spiro atoms. The molecule has 0 saturated heterocycles. The van der Waals surface area contributed by atoms with Gasteiger partial charge in [0.25, 0.3) is 0 Å². The number of aryl methyl sites for hydroxylation is 1. The predicted octanol–water partition coefficient (Wildman–Crippen LogP) is 3.05. The van der Waals surface area contributed by atoms with Crippen LogP contribution < -0.4 is 5.32 Å². The van der Waals surface area contributed by atoms with Gasteiger partial charge in [-0.25, -0.2) is 9.78 Å². The van der Waals surface area contributed by atoms with Gasteiger partial charge in [-0.1, -0.05) is 13.3 Å². The molecule has 0 saturated carbocycles. The Morgan fingerprint density at radius 3 is 3.07 bits per heavy atom. The van der Waals surface area contributed by atoms with Crippen LogP contribution in [0.1, 0.15) is 31.6 Å². The summed E-state index contributed by atoms with van der Waals surface area (Å²) >= 11 is 1.50. The molecule has 0 aliphatic heterocycles. The summed E-state index contributed by atoms with van der Waals surface area (Å²) in [6.07, 6.45) is 4.72. The second kappa shape index (κ2) is 6.40. The first-order valence-electron chi connectivity index (χ1n) is 5.14. The van der Waals surface area contributed by atoms with Gasteiger partial charge in [0.2, 0.25) is 0 Å². The molecule has 0 atom stereocenters. The lowest BCUT2D eigenvalue weighted by molar-refractivity contribution is 0.168. The molecule has 5 heteroatoms. The minimum atomic E-state index is -0.436. The summed E-state index contributed by atoms with van der Waals surface area (Å²) in [6, 6.07) is 0. The highest BCUT2D eigenvalue weighted by molar-refractivity contribution is 7.15. The number of amides is 1. The Balaban J connectivity index is 2.42. The SMILES string of the molecule is CCCCc1cnc(NC(=O)OCC)s1. The van der Waals surface area contributed by atoms with Gasteiger partial charge in [0.1, 0.15) is 0 Å². The van der Waals surface area contributed by atoms with Crippen molar-refractivity contribution in [2.24, 2.45) is 0 Å². The number of hydrogen-bond donors (Lipinski definition) is 1. The quantitative estimate of drug-likeness (QED) is 0.842. The lowest BCUT2D eigenvalue weighted by Crippen LogP contribution is -2.12. The van der Waals surface area contributed by atoms with Crippen molar-refractivity contribution in [3.05, 3.63) is 11.1 Å². The van der Waals surface area contributed by atoms with Crippen LogP contribution in [0.25, 0.3) is 0 Å². The predicted molar refractivity (Wildman–Crippen MR) is 61.4 cm³/mol. The number of nitrogens with zero attached hydrogens (tertiary/aromatic N) is 1. The molecule has 0 radical (unpaired) electrons. The number of unbranched alkanes of at least 4 members (excludes halogenated alkanes) is 1. The molecule has 0 aliphatic carbocycles. The molecular formula is C10H16N2O2S. The van der Waals surface area contributed by atoms with Crippen LogP contribution in [-0.2, 0) is 11.2 Å². The molecule has 0 fully saturated rings. The maximum Gasteiger partial charge on any atom is 0.413 e. The van der Waals surface area contributed by atoms with E-state index in [2.05, 4.69) is 17.2 Å². The Labute approximate surface area is 93.7 Å². The molecular weight excluding hydrogens is 212 g/mol. The van der Waals surface area contributed by atoms with Gasteiger partial charge >= 0.3 is 6.09 Å². The minimum absolute atomic E-state index is 0.375. The third-order valence-corrected chi connectivity index (χ3v) is 2.79. The Hall–Kier alpha value is -1.10. The van der Waals surface area contributed by atoms with E-state index in [1.807, 2.05) is 6.20 Å². The second-order valence-corrected chi connectivity index (χ2v) is 4.20. The fraction of sp³-hybridized carbons (Fsp3) is 0.600. The molecule has 0 aromatic carbocycles. The van der Waals surface area contributed by atoms with Crippen LogP contribution in [0.4, 0.5) is 9.93 Å². The van der Waals surface area contributed by atoms with Gasteiger partial charge in [0.05, 0.1) is 6.61 Å². The molecule has 0 aliphatic rings. The number of nitrogens with one attached hydrogen (secondary N) is 1. The van der Waals surface area contributed by atoms with Gasteiger partial charge < -0.3 is 4.74 Å². The number of aromatic nitrogens is 1. The molecule has 1 N–H and O–H groups in total. The van der Waals surface area contributed by atoms with Crippen LogP contribution in [0.15, 0.2) is 6.20 Å². The molecule has 1 aromatic heterocycles. The molecule has 4 nitrogen and oxygen atoms in total. The second-order valence-electron chi connectivity index (χ2n) is 3.08. The third-order valence-electron chi connectivity index (χ3n) is 1.81. The number of thiazole rings is 1. The summed E-state index contributed by atoms with van der Waals surface area (Å²) in [5.41, 5.74) is 0. The summed E-state index contributed by atoms with van der Waals surface area (Å²) in [4.78, 5) is 16.4. The van der Waals surface area contributed by atoms with Crippen molar-refractivity contribution >= 4 is 22.6 Å². The van der Waals surface area contributed by atoms with Crippen molar-refractivity contribution < 1.29 is 9.53 Å². The average molecular weight is 228 g/mol. The summed E-state index contributed by atoms with van der Waals surface area (Å²) in [5, 5.41) is 3.20. The highest BCUT2D eigenvalue weighted by Gasteiger charge is 2.06. The number of anilines is 1. The lowest BCUT2D eigenvalue weighted by atomic mass is 10.2. The van der Waals surface area contributed by atoms with Gasteiger partial charge in [-0.2, -0.15) is 0 Å².